The number of likely N-dealkylation sites (tertiary alicyclic amines) is 1. The smallest absolute Gasteiger partial charge is 0.211 e. The highest BCUT2D eigenvalue weighted by molar-refractivity contribution is 5.71. The summed E-state index contributed by atoms with van der Waals surface area (Å²) in [6, 6.07) is 12.8. The van der Waals surface area contributed by atoms with Gasteiger partial charge < -0.3 is 10.1 Å². The average molecular weight is 393 g/mol. The van der Waals surface area contributed by atoms with E-state index in [-0.39, 0.29) is 1.43 Å². The Balaban J connectivity index is 0.000000211. The summed E-state index contributed by atoms with van der Waals surface area (Å²) in [7, 11) is 0. The molecule has 1 amide bonds. The zero-order valence-corrected chi connectivity index (χ0v) is 16.3. The maximum atomic E-state index is 10.2. The average Bonchev–Trinajstić information content (AvgIpc) is 2.78. The van der Waals surface area contributed by atoms with Crippen molar-refractivity contribution in [2.24, 2.45) is 0 Å². The van der Waals surface area contributed by atoms with Gasteiger partial charge in [0.25, 0.3) is 0 Å². The number of rotatable bonds is 6. The van der Waals surface area contributed by atoms with Crippen molar-refractivity contribution in [3.05, 3.63) is 72.8 Å². The van der Waals surface area contributed by atoms with Crippen LogP contribution in [0.1, 0.15) is 26.3 Å². The molecule has 7 nitrogen and oxygen atoms in total. The van der Waals surface area contributed by atoms with Gasteiger partial charge in [0.05, 0.1) is 12.4 Å². The van der Waals surface area contributed by atoms with Crippen LogP contribution in [0.5, 0.6) is 11.5 Å². The highest BCUT2D eigenvalue weighted by Crippen LogP contribution is 2.21. The number of piperidine rings is 1. The van der Waals surface area contributed by atoms with Crippen molar-refractivity contribution in [3.63, 3.8) is 0 Å². The van der Waals surface area contributed by atoms with Crippen molar-refractivity contribution in [1.29, 1.82) is 0 Å². The van der Waals surface area contributed by atoms with E-state index in [1.165, 1.54) is 37.9 Å². The Morgan fingerprint density at radius 1 is 0.966 bits per heavy atom. The van der Waals surface area contributed by atoms with Gasteiger partial charge in [0.2, 0.25) is 6.41 Å². The van der Waals surface area contributed by atoms with E-state index in [0.717, 1.165) is 12.2 Å². The summed E-state index contributed by atoms with van der Waals surface area (Å²) in [5, 5.41) is 10.2. The Morgan fingerprint density at radius 3 is 2.45 bits per heavy atom. The number of nitrogens with one attached hydrogen (secondary N) is 1. The Kier molecular flexibility index (Phi) is 8.10. The van der Waals surface area contributed by atoms with E-state index in [2.05, 4.69) is 25.4 Å². The second-order valence-corrected chi connectivity index (χ2v) is 6.66. The first kappa shape index (κ1) is 20.4. The number of carbonyl (C=O) groups excluding carboxylic acids is 1. The number of ether oxygens (including phenoxy) is 1. The van der Waals surface area contributed by atoms with Gasteiger partial charge in [-0.05, 0) is 74.0 Å². The number of nitrogens with zero attached hydrogens (tertiary/aromatic N) is 4. The molecule has 4 rings (SSSR count). The summed E-state index contributed by atoms with van der Waals surface area (Å²) in [5.41, 5.74) is 2.01. The molecule has 1 N–H and O–H groups in total. The van der Waals surface area contributed by atoms with Crippen molar-refractivity contribution >= 4 is 12.1 Å². The molecule has 0 saturated carbocycles. The number of aromatic nitrogens is 3. The highest BCUT2D eigenvalue weighted by Gasteiger charge is 2.09. The van der Waals surface area contributed by atoms with Gasteiger partial charge >= 0.3 is 0 Å². The summed E-state index contributed by atoms with van der Waals surface area (Å²) in [4.78, 5) is 16.6. The highest BCUT2D eigenvalue weighted by atomic mass is 16.5. The third-order valence-corrected chi connectivity index (χ3v) is 4.45. The van der Waals surface area contributed by atoms with Crippen LogP contribution in [-0.2, 0) is 11.3 Å². The van der Waals surface area contributed by atoms with Crippen LogP contribution >= 0.6 is 0 Å². The minimum Gasteiger partial charge on any atom is -0.456 e. The summed E-state index contributed by atoms with van der Waals surface area (Å²) >= 11 is 0. The van der Waals surface area contributed by atoms with Gasteiger partial charge in [0.15, 0.2) is 0 Å². The van der Waals surface area contributed by atoms with Crippen molar-refractivity contribution in [2.45, 2.75) is 25.8 Å². The molecular formula is C22H27N5O2. The molecule has 0 unspecified atom stereocenters. The van der Waals surface area contributed by atoms with Crippen LogP contribution in [0.2, 0.25) is 0 Å². The van der Waals surface area contributed by atoms with E-state index < -0.39 is 0 Å². The lowest BCUT2D eigenvalue weighted by Gasteiger charge is -2.26. The largest absolute Gasteiger partial charge is 0.456 e. The van der Waals surface area contributed by atoms with Crippen LogP contribution in [0.3, 0.4) is 0 Å². The van der Waals surface area contributed by atoms with Gasteiger partial charge in [-0.1, -0.05) is 6.42 Å². The van der Waals surface area contributed by atoms with Gasteiger partial charge in [-0.15, -0.1) is 0 Å². The Bertz CT molecular complexity index is 844. The second-order valence-electron chi connectivity index (χ2n) is 6.66. The predicted molar refractivity (Wildman–Crippen MR) is 114 cm³/mol. The quantitative estimate of drug-likeness (QED) is 0.634. The Hall–Kier alpha value is -3.32. The van der Waals surface area contributed by atoms with Crippen LogP contribution in [0.25, 0.3) is 0 Å². The van der Waals surface area contributed by atoms with Crippen molar-refractivity contribution in [1.82, 2.24) is 20.1 Å². The fraction of sp³-hybridized carbons (Fsp3) is 0.273. The molecule has 1 saturated heterocycles. The van der Waals surface area contributed by atoms with E-state index in [1.54, 1.807) is 48.9 Å². The van der Waals surface area contributed by atoms with Crippen molar-refractivity contribution < 1.29 is 11.0 Å². The predicted octanol–water partition coefficient (Wildman–Crippen LogP) is 4.15. The van der Waals surface area contributed by atoms with E-state index >= 15 is 0 Å². The van der Waals surface area contributed by atoms with Crippen LogP contribution in [0.4, 0.5) is 5.69 Å². The molecule has 1 aromatic carbocycles. The van der Waals surface area contributed by atoms with Gasteiger partial charge in [-0.25, -0.2) is 0 Å². The summed E-state index contributed by atoms with van der Waals surface area (Å²) in [6.45, 7) is 3.51. The van der Waals surface area contributed by atoms with Crippen LogP contribution in [-0.4, -0.2) is 39.6 Å². The molecule has 1 aliphatic rings. The summed E-state index contributed by atoms with van der Waals surface area (Å²) in [6.07, 6.45) is 11.7. The van der Waals surface area contributed by atoms with E-state index in [0.29, 0.717) is 17.9 Å². The van der Waals surface area contributed by atoms with Crippen molar-refractivity contribution in [2.75, 3.05) is 18.4 Å². The van der Waals surface area contributed by atoms with Gasteiger partial charge in [-0.3, -0.25) is 14.7 Å². The van der Waals surface area contributed by atoms with Gasteiger partial charge in [0.1, 0.15) is 11.5 Å². The lowest BCUT2D eigenvalue weighted by atomic mass is 10.1. The number of benzene rings is 1. The Labute approximate surface area is 172 Å². The zero-order valence-electron chi connectivity index (χ0n) is 16.3. The van der Waals surface area contributed by atoms with Crippen LogP contribution in [0, 0.1) is 0 Å². The summed E-state index contributed by atoms with van der Waals surface area (Å²) < 4.78 is 5.53. The van der Waals surface area contributed by atoms with Crippen molar-refractivity contribution in [3.8, 4) is 11.5 Å². The molecule has 0 aliphatic carbocycles. The third kappa shape index (κ3) is 7.31. The van der Waals surface area contributed by atoms with E-state index in [9.17, 15) is 4.79 Å². The van der Waals surface area contributed by atoms with Gasteiger partial charge in [-0.2, -0.15) is 10.2 Å². The molecule has 29 heavy (non-hydrogen) atoms. The molecule has 0 radical (unpaired) electrons. The monoisotopic (exact) mass is 393 g/mol. The fourth-order valence-corrected chi connectivity index (χ4v) is 3.02. The first-order valence-electron chi connectivity index (χ1n) is 9.69. The first-order valence-corrected chi connectivity index (χ1v) is 9.69. The number of pyridine rings is 1. The minimum atomic E-state index is 0. The number of hydrogen-bond acceptors (Lipinski definition) is 6. The van der Waals surface area contributed by atoms with Gasteiger partial charge in [0, 0.05) is 26.1 Å². The second kappa shape index (κ2) is 11.5. The van der Waals surface area contributed by atoms with Crippen LogP contribution < -0.4 is 10.1 Å². The molecule has 1 fully saturated rings. The number of amides is 1. The number of anilines is 1. The number of hydrogen-bond donors (Lipinski definition) is 1. The molecule has 152 valence electrons. The topological polar surface area (TPSA) is 80.2 Å². The third-order valence-electron chi connectivity index (χ3n) is 4.45. The minimum absolute atomic E-state index is 0. The molecule has 3 heterocycles. The molecule has 2 aromatic heterocycles. The van der Waals surface area contributed by atoms with Crippen LogP contribution in [0.15, 0.2) is 67.3 Å². The number of carbonyl (C=O) groups is 1. The molecule has 0 spiro atoms. The first-order chi connectivity index (χ1) is 14.3. The normalized spacial score (nSPS) is 13.7. The maximum absolute atomic E-state index is 10.2. The SMILES string of the molecule is O=CNc1ccc(Oc2cccnc2)cc1.[HH].c1cc(CN2CCCCC2)cnn1. The lowest BCUT2D eigenvalue weighted by molar-refractivity contribution is -0.105. The zero-order chi connectivity index (χ0) is 20.2. The van der Waals surface area contributed by atoms with E-state index in [4.69, 9.17) is 4.74 Å². The Morgan fingerprint density at radius 2 is 1.79 bits per heavy atom. The summed E-state index contributed by atoms with van der Waals surface area (Å²) in [5.74, 6) is 1.38. The lowest BCUT2D eigenvalue weighted by Crippen LogP contribution is -2.29. The van der Waals surface area contributed by atoms with E-state index in [1.807, 2.05) is 18.3 Å². The maximum Gasteiger partial charge on any atom is 0.211 e. The molecule has 7 heteroatoms. The molecule has 0 atom stereocenters. The fourth-order valence-electron chi connectivity index (χ4n) is 3.02. The molecule has 0 bridgehead atoms. The molecular weight excluding hydrogens is 366 g/mol. The molecule has 1 aliphatic heterocycles. The standard InChI is InChI=1S/C12H10N2O2.C10H15N3.H2/c15-9-14-10-3-5-11(6-4-10)16-12-2-1-7-13-8-12;1-2-6-13(7-3-1)9-10-4-5-11-12-8-10;/h1-9H,(H,14,15);4-5,8H,1-3,6-7,9H2;1H. The molecule has 3 aromatic rings.